The third-order valence-electron chi connectivity index (χ3n) is 2.46. The van der Waals surface area contributed by atoms with Crippen LogP contribution in [-0.4, -0.2) is 23.1 Å². The molecule has 5 heteroatoms. The van der Waals surface area contributed by atoms with Gasteiger partial charge >= 0.3 is 12.0 Å². The first-order chi connectivity index (χ1) is 9.01. The number of aliphatic carboxylic acids is 1. The monoisotopic (exact) mass is 260 g/mol. The van der Waals surface area contributed by atoms with E-state index < -0.39 is 5.97 Å². The summed E-state index contributed by atoms with van der Waals surface area (Å²) in [4.78, 5) is 22.0. The second kappa shape index (κ2) is 7.07. The third-order valence-corrected chi connectivity index (χ3v) is 2.46. The van der Waals surface area contributed by atoms with Gasteiger partial charge in [-0.1, -0.05) is 12.0 Å². The second-order valence-electron chi connectivity index (χ2n) is 4.16. The standard InChI is InChI=1S/C14H16N2O3/c1-3-11-5-4-6-12(9-11)16-14(19)15-10(2)7-8-13(17)18/h1,4-6,9-10H,7-8H2,2H3,(H,17,18)(H2,15,16,19). The summed E-state index contributed by atoms with van der Waals surface area (Å²) in [6.07, 6.45) is 5.67. The van der Waals surface area contributed by atoms with E-state index in [9.17, 15) is 9.59 Å². The predicted octanol–water partition coefficient (Wildman–Crippen LogP) is 2.04. The molecule has 0 aromatic heterocycles. The van der Waals surface area contributed by atoms with Gasteiger partial charge in [-0.05, 0) is 31.5 Å². The first-order valence-electron chi connectivity index (χ1n) is 5.87. The fraction of sp³-hybridized carbons (Fsp3) is 0.286. The van der Waals surface area contributed by atoms with Crippen molar-refractivity contribution in [1.82, 2.24) is 5.32 Å². The summed E-state index contributed by atoms with van der Waals surface area (Å²) in [6, 6.07) is 6.32. The van der Waals surface area contributed by atoms with E-state index in [1.54, 1.807) is 31.2 Å². The molecule has 0 saturated carbocycles. The first kappa shape index (κ1) is 14.6. The SMILES string of the molecule is C#Cc1cccc(NC(=O)NC(C)CCC(=O)O)c1. The second-order valence-corrected chi connectivity index (χ2v) is 4.16. The van der Waals surface area contributed by atoms with E-state index >= 15 is 0 Å². The molecule has 0 radical (unpaired) electrons. The van der Waals surface area contributed by atoms with E-state index in [-0.39, 0.29) is 18.5 Å². The van der Waals surface area contributed by atoms with Crippen LogP contribution in [0.4, 0.5) is 10.5 Å². The highest BCUT2D eigenvalue weighted by molar-refractivity contribution is 5.89. The lowest BCUT2D eigenvalue weighted by Crippen LogP contribution is -2.36. The first-order valence-corrected chi connectivity index (χ1v) is 5.87. The van der Waals surface area contributed by atoms with Crippen LogP contribution >= 0.6 is 0 Å². The van der Waals surface area contributed by atoms with Gasteiger partial charge in [0.2, 0.25) is 0 Å². The van der Waals surface area contributed by atoms with Crippen molar-refractivity contribution in [2.45, 2.75) is 25.8 Å². The van der Waals surface area contributed by atoms with Gasteiger partial charge in [0.25, 0.3) is 0 Å². The minimum Gasteiger partial charge on any atom is -0.481 e. The molecule has 1 aromatic rings. The maximum absolute atomic E-state index is 11.6. The number of nitrogens with one attached hydrogen (secondary N) is 2. The summed E-state index contributed by atoms with van der Waals surface area (Å²) < 4.78 is 0. The summed E-state index contributed by atoms with van der Waals surface area (Å²) in [7, 11) is 0. The van der Waals surface area contributed by atoms with Gasteiger partial charge in [-0.15, -0.1) is 6.42 Å². The van der Waals surface area contributed by atoms with Crippen molar-refractivity contribution in [3.63, 3.8) is 0 Å². The van der Waals surface area contributed by atoms with E-state index in [1.165, 1.54) is 0 Å². The van der Waals surface area contributed by atoms with Crippen LogP contribution in [0.1, 0.15) is 25.3 Å². The van der Waals surface area contributed by atoms with E-state index in [2.05, 4.69) is 16.6 Å². The van der Waals surface area contributed by atoms with Crippen LogP contribution in [0.2, 0.25) is 0 Å². The molecule has 0 spiro atoms. The van der Waals surface area contributed by atoms with Crippen LogP contribution in [0.25, 0.3) is 0 Å². The van der Waals surface area contributed by atoms with Gasteiger partial charge in [0.15, 0.2) is 0 Å². The molecular formula is C14H16N2O3. The van der Waals surface area contributed by atoms with Crippen molar-refractivity contribution in [3.8, 4) is 12.3 Å². The van der Waals surface area contributed by atoms with Gasteiger partial charge in [0.1, 0.15) is 0 Å². The molecule has 1 aromatic carbocycles. The Balaban J connectivity index is 2.46. The topological polar surface area (TPSA) is 78.4 Å². The summed E-state index contributed by atoms with van der Waals surface area (Å²) >= 11 is 0. The van der Waals surface area contributed by atoms with Crippen LogP contribution in [0.3, 0.4) is 0 Å². The smallest absolute Gasteiger partial charge is 0.319 e. The Kier molecular flexibility index (Phi) is 5.42. The van der Waals surface area contributed by atoms with Crippen LogP contribution in [0.15, 0.2) is 24.3 Å². The minimum atomic E-state index is -0.879. The van der Waals surface area contributed by atoms with Crippen LogP contribution in [-0.2, 0) is 4.79 Å². The Morgan fingerprint density at radius 2 is 2.21 bits per heavy atom. The van der Waals surface area contributed by atoms with Gasteiger partial charge in [-0.2, -0.15) is 0 Å². The quantitative estimate of drug-likeness (QED) is 0.709. The third kappa shape index (κ3) is 5.59. The molecule has 3 N–H and O–H groups in total. The molecule has 1 atom stereocenters. The Morgan fingerprint density at radius 1 is 1.47 bits per heavy atom. The van der Waals surface area contributed by atoms with Gasteiger partial charge in [-0.3, -0.25) is 4.79 Å². The average molecular weight is 260 g/mol. The minimum absolute atomic E-state index is 0.0219. The number of rotatable bonds is 5. The molecule has 0 aliphatic heterocycles. The van der Waals surface area contributed by atoms with Gasteiger partial charge in [0, 0.05) is 23.7 Å². The van der Waals surface area contributed by atoms with Gasteiger partial charge < -0.3 is 15.7 Å². The number of carbonyl (C=O) groups is 2. The van der Waals surface area contributed by atoms with E-state index in [0.717, 1.165) is 0 Å². The van der Waals surface area contributed by atoms with E-state index in [0.29, 0.717) is 17.7 Å². The molecule has 2 amide bonds. The van der Waals surface area contributed by atoms with Gasteiger partial charge in [0.05, 0.1) is 0 Å². The zero-order valence-electron chi connectivity index (χ0n) is 10.6. The lowest BCUT2D eigenvalue weighted by atomic mass is 10.2. The number of benzene rings is 1. The number of carboxylic acids is 1. The van der Waals surface area contributed by atoms with Crippen molar-refractivity contribution >= 4 is 17.7 Å². The van der Waals surface area contributed by atoms with E-state index in [1.807, 2.05) is 0 Å². The Bertz CT molecular complexity index is 506. The summed E-state index contributed by atoms with van der Waals surface area (Å²) in [5.41, 5.74) is 1.27. The predicted molar refractivity (Wildman–Crippen MR) is 72.9 cm³/mol. The molecule has 19 heavy (non-hydrogen) atoms. The maximum atomic E-state index is 11.6. The molecule has 0 fully saturated rings. The van der Waals surface area contributed by atoms with Crippen molar-refractivity contribution in [2.24, 2.45) is 0 Å². The van der Waals surface area contributed by atoms with Crippen molar-refractivity contribution in [1.29, 1.82) is 0 Å². The number of hydrogen-bond donors (Lipinski definition) is 3. The normalized spacial score (nSPS) is 11.2. The Labute approximate surface area is 112 Å². The molecular weight excluding hydrogens is 244 g/mol. The van der Waals surface area contributed by atoms with Crippen molar-refractivity contribution in [3.05, 3.63) is 29.8 Å². The van der Waals surface area contributed by atoms with Crippen LogP contribution in [0.5, 0.6) is 0 Å². The molecule has 0 aliphatic carbocycles. The van der Waals surface area contributed by atoms with Gasteiger partial charge in [-0.25, -0.2) is 4.79 Å². The van der Waals surface area contributed by atoms with E-state index in [4.69, 9.17) is 11.5 Å². The molecule has 5 nitrogen and oxygen atoms in total. The molecule has 0 heterocycles. The largest absolute Gasteiger partial charge is 0.481 e. The number of urea groups is 1. The van der Waals surface area contributed by atoms with Crippen LogP contribution < -0.4 is 10.6 Å². The lowest BCUT2D eigenvalue weighted by Gasteiger charge is -2.13. The molecule has 1 rings (SSSR count). The zero-order chi connectivity index (χ0) is 14.3. The molecule has 1 unspecified atom stereocenters. The zero-order valence-corrected chi connectivity index (χ0v) is 10.6. The highest BCUT2D eigenvalue weighted by Gasteiger charge is 2.09. The maximum Gasteiger partial charge on any atom is 0.319 e. The molecule has 100 valence electrons. The fourth-order valence-electron chi connectivity index (χ4n) is 1.49. The number of amides is 2. The summed E-state index contributed by atoms with van der Waals surface area (Å²) in [6.45, 7) is 1.75. The number of hydrogen-bond acceptors (Lipinski definition) is 2. The molecule has 0 saturated heterocycles. The summed E-state index contributed by atoms with van der Waals surface area (Å²) in [5.74, 6) is 1.60. The number of terminal acetylenes is 1. The Hall–Kier alpha value is -2.48. The van der Waals surface area contributed by atoms with Crippen molar-refractivity contribution in [2.75, 3.05) is 5.32 Å². The molecule has 0 aliphatic rings. The summed E-state index contributed by atoms with van der Waals surface area (Å²) in [5, 5.41) is 13.8. The lowest BCUT2D eigenvalue weighted by molar-refractivity contribution is -0.137. The highest BCUT2D eigenvalue weighted by Crippen LogP contribution is 2.09. The number of carbonyl (C=O) groups excluding carboxylic acids is 1. The molecule has 0 bridgehead atoms. The fourth-order valence-corrected chi connectivity index (χ4v) is 1.49. The van der Waals surface area contributed by atoms with Crippen LogP contribution in [0, 0.1) is 12.3 Å². The highest BCUT2D eigenvalue weighted by atomic mass is 16.4. The van der Waals surface area contributed by atoms with Crippen molar-refractivity contribution < 1.29 is 14.7 Å². The number of carboxylic acid groups (broad SMARTS) is 1. The Morgan fingerprint density at radius 3 is 2.84 bits per heavy atom. The average Bonchev–Trinajstić information content (AvgIpc) is 2.36. The number of anilines is 1.